The summed E-state index contributed by atoms with van der Waals surface area (Å²) in [5, 5.41) is 10.5. The van der Waals surface area contributed by atoms with Crippen LogP contribution in [0.1, 0.15) is 10.4 Å². The van der Waals surface area contributed by atoms with Gasteiger partial charge in [0.05, 0.1) is 33.5 Å². The van der Waals surface area contributed by atoms with Crippen molar-refractivity contribution >= 4 is 5.91 Å². The zero-order valence-electron chi connectivity index (χ0n) is 20.7. The molecule has 2 unspecified atom stereocenters. The summed E-state index contributed by atoms with van der Waals surface area (Å²) in [5.41, 5.74) is 0.584. The molecule has 1 N–H and O–H groups in total. The molecule has 3 rings (SSSR count). The SMILES string of the molecule is COCCN(CC1CN(CC(O)COc2ccc(OC)cc2)CCO1)C(=O)c1ccc(OC)cc1. The molecule has 0 radical (unpaired) electrons. The van der Waals surface area contributed by atoms with E-state index in [2.05, 4.69) is 4.90 Å². The summed E-state index contributed by atoms with van der Waals surface area (Å²) in [6, 6.07) is 14.3. The van der Waals surface area contributed by atoms with E-state index in [1.165, 1.54) is 0 Å². The van der Waals surface area contributed by atoms with Crippen molar-refractivity contribution in [3.05, 3.63) is 54.1 Å². The first-order valence-electron chi connectivity index (χ1n) is 11.7. The minimum Gasteiger partial charge on any atom is -0.497 e. The lowest BCUT2D eigenvalue weighted by Gasteiger charge is -2.36. The minimum absolute atomic E-state index is 0.0849. The Bertz CT molecular complexity index is 892. The summed E-state index contributed by atoms with van der Waals surface area (Å²) in [4.78, 5) is 17.0. The maximum absolute atomic E-state index is 13.1. The number of benzene rings is 2. The maximum atomic E-state index is 13.1. The fraction of sp³-hybridized carbons (Fsp3) is 0.500. The fourth-order valence-electron chi connectivity index (χ4n) is 3.91. The molecule has 2 atom stereocenters. The Balaban J connectivity index is 1.51. The van der Waals surface area contributed by atoms with Crippen LogP contribution >= 0.6 is 0 Å². The smallest absolute Gasteiger partial charge is 0.254 e. The largest absolute Gasteiger partial charge is 0.497 e. The number of hydrogen-bond donors (Lipinski definition) is 1. The number of carbonyl (C=O) groups excluding carboxylic acids is 1. The predicted octanol–water partition coefficient (Wildman–Crippen LogP) is 1.93. The van der Waals surface area contributed by atoms with Crippen LogP contribution in [-0.2, 0) is 9.47 Å². The number of rotatable bonds is 13. The second-order valence-electron chi connectivity index (χ2n) is 8.37. The number of hydrogen-bond acceptors (Lipinski definition) is 8. The lowest BCUT2D eigenvalue weighted by Crippen LogP contribution is -2.51. The van der Waals surface area contributed by atoms with Crippen LogP contribution in [0.3, 0.4) is 0 Å². The highest BCUT2D eigenvalue weighted by molar-refractivity contribution is 5.94. The van der Waals surface area contributed by atoms with Crippen molar-refractivity contribution in [2.24, 2.45) is 0 Å². The summed E-state index contributed by atoms with van der Waals surface area (Å²) in [6.07, 6.45) is -0.820. The van der Waals surface area contributed by atoms with E-state index in [-0.39, 0.29) is 18.6 Å². The van der Waals surface area contributed by atoms with Crippen molar-refractivity contribution in [2.45, 2.75) is 12.2 Å². The molecule has 2 aromatic carbocycles. The Hall–Kier alpha value is -2.85. The Kier molecular flexibility index (Phi) is 10.6. The van der Waals surface area contributed by atoms with Crippen molar-refractivity contribution < 1.29 is 33.6 Å². The molecular weight excluding hydrogens is 452 g/mol. The molecule has 1 amide bonds. The topological polar surface area (TPSA) is 89.9 Å². The third-order valence-electron chi connectivity index (χ3n) is 5.81. The highest BCUT2D eigenvalue weighted by Gasteiger charge is 2.26. The van der Waals surface area contributed by atoms with Crippen molar-refractivity contribution in [2.75, 3.05) is 73.9 Å². The van der Waals surface area contributed by atoms with E-state index in [4.69, 9.17) is 23.7 Å². The van der Waals surface area contributed by atoms with Crippen molar-refractivity contribution in [1.82, 2.24) is 9.80 Å². The molecule has 1 heterocycles. The minimum atomic E-state index is -0.652. The molecule has 9 heteroatoms. The van der Waals surface area contributed by atoms with E-state index in [1.54, 1.807) is 50.5 Å². The predicted molar refractivity (Wildman–Crippen MR) is 131 cm³/mol. The molecule has 1 aliphatic rings. The molecule has 192 valence electrons. The molecule has 0 bridgehead atoms. The molecule has 2 aromatic rings. The summed E-state index contributed by atoms with van der Waals surface area (Å²) in [5.74, 6) is 2.04. The maximum Gasteiger partial charge on any atom is 0.254 e. The first kappa shape index (κ1) is 26.7. The van der Waals surface area contributed by atoms with Gasteiger partial charge in [0.1, 0.15) is 30.0 Å². The summed E-state index contributed by atoms with van der Waals surface area (Å²) < 4.78 is 27.2. The summed E-state index contributed by atoms with van der Waals surface area (Å²) in [7, 11) is 4.82. The molecule has 35 heavy (non-hydrogen) atoms. The van der Waals surface area contributed by atoms with E-state index in [1.807, 2.05) is 24.3 Å². The van der Waals surface area contributed by atoms with Crippen LogP contribution in [0.4, 0.5) is 0 Å². The van der Waals surface area contributed by atoms with Gasteiger partial charge in [0.25, 0.3) is 5.91 Å². The monoisotopic (exact) mass is 488 g/mol. The number of morpholine rings is 1. The highest BCUT2D eigenvalue weighted by atomic mass is 16.5. The van der Waals surface area contributed by atoms with Crippen LogP contribution in [-0.4, -0.2) is 107 Å². The van der Waals surface area contributed by atoms with Crippen molar-refractivity contribution in [3.8, 4) is 17.2 Å². The normalized spacial score (nSPS) is 17.0. The van der Waals surface area contributed by atoms with Crippen LogP contribution in [0, 0.1) is 0 Å². The number of ether oxygens (including phenoxy) is 5. The van der Waals surface area contributed by atoms with Crippen LogP contribution in [0.25, 0.3) is 0 Å². The Morgan fingerprint density at radius 3 is 2.31 bits per heavy atom. The number of aliphatic hydroxyl groups is 1. The van der Waals surface area contributed by atoms with Gasteiger partial charge in [-0.15, -0.1) is 0 Å². The number of methoxy groups -OCH3 is 3. The van der Waals surface area contributed by atoms with Crippen LogP contribution in [0.2, 0.25) is 0 Å². The number of aliphatic hydroxyl groups excluding tert-OH is 1. The standard InChI is InChI=1S/C26H36N2O7/c1-31-14-13-28(26(30)20-4-6-22(32-2)7-5-20)18-25-17-27(12-15-34-25)16-21(29)19-35-24-10-8-23(33-3)9-11-24/h4-11,21,25,29H,12-19H2,1-3H3. The second-order valence-corrected chi connectivity index (χ2v) is 8.37. The van der Waals surface area contributed by atoms with Crippen molar-refractivity contribution in [1.29, 1.82) is 0 Å². The Morgan fingerprint density at radius 2 is 1.69 bits per heavy atom. The van der Waals surface area contributed by atoms with Gasteiger partial charge < -0.3 is 33.7 Å². The average molecular weight is 489 g/mol. The zero-order chi connectivity index (χ0) is 25.0. The summed E-state index contributed by atoms with van der Waals surface area (Å²) in [6.45, 7) is 3.82. The zero-order valence-corrected chi connectivity index (χ0v) is 20.7. The molecule has 1 saturated heterocycles. The lowest BCUT2D eigenvalue weighted by molar-refractivity contribution is -0.0546. The number of nitrogens with zero attached hydrogens (tertiary/aromatic N) is 2. The summed E-state index contributed by atoms with van der Waals surface area (Å²) >= 11 is 0. The molecule has 0 spiro atoms. The Morgan fingerprint density at radius 1 is 1.06 bits per heavy atom. The van der Waals surface area contributed by atoms with Gasteiger partial charge in [0, 0.05) is 45.4 Å². The van der Waals surface area contributed by atoms with Gasteiger partial charge >= 0.3 is 0 Å². The molecule has 0 aliphatic carbocycles. The van der Waals surface area contributed by atoms with Crippen LogP contribution in [0.15, 0.2) is 48.5 Å². The van der Waals surface area contributed by atoms with Crippen LogP contribution in [0.5, 0.6) is 17.2 Å². The van der Waals surface area contributed by atoms with E-state index in [0.717, 1.165) is 5.75 Å². The van der Waals surface area contributed by atoms with Gasteiger partial charge in [0.15, 0.2) is 0 Å². The fourth-order valence-corrected chi connectivity index (χ4v) is 3.91. The number of β-amino-alcohol motifs (C(OH)–C–C–N with tert-alkyl or cyclic N) is 1. The molecule has 9 nitrogen and oxygen atoms in total. The van der Waals surface area contributed by atoms with E-state index >= 15 is 0 Å². The second kappa shape index (κ2) is 13.9. The first-order chi connectivity index (χ1) is 17.0. The van der Waals surface area contributed by atoms with Gasteiger partial charge in [0.2, 0.25) is 0 Å². The molecule has 0 aromatic heterocycles. The third kappa shape index (κ3) is 8.40. The van der Waals surface area contributed by atoms with Gasteiger partial charge in [-0.1, -0.05) is 0 Å². The number of carbonyl (C=O) groups is 1. The average Bonchev–Trinajstić information content (AvgIpc) is 2.90. The van der Waals surface area contributed by atoms with Gasteiger partial charge in [-0.25, -0.2) is 0 Å². The van der Waals surface area contributed by atoms with E-state index < -0.39 is 6.10 Å². The van der Waals surface area contributed by atoms with Gasteiger partial charge in [-0.3, -0.25) is 9.69 Å². The Labute approximate surface area is 207 Å². The van der Waals surface area contributed by atoms with Crippen LogP contribution < -0.4 is 14.2 Å². The van der Waals surface area contributed by atoms with E-state index in [0.29, 0.717) is 63.0 Å². The van der Waals surface area contributed by atoms with E-state index in [9.17, 15) is 9.90 Å². The highest BCUT2D eigenvalue weighted by Crippen LogP contribution is 2.18. The first-order valence-corrected chi connectivity index (χ1v) is 11.7. The molecule has 1 aliphatic heterocycles. The third-order valence-corrected chi connectivity index (χ3v) is 5.81. The van der Waals surface area contributed by atoms with Gasteiger partial charge in [-0.05, 0) is 48.5 Å². The lowest BCUT2D eigenvalue weighted by atomic mass is 10.1. The van der Waals surface area contributed by atoms with Crippen molar-refractivity contribution in [3.63, 3.8) is 0 Å². The molecule has 0 saturated carbocycles. The molecule has 1 fully saturated rings. The van der Waals surface area contributed by atoms with Gasteiger partial charge in [-0.2, -0.15) is 0 Å². The number of amides is 1. The quantitative estimate of drug-likeness (QED) is 0.458. The molecular formula is C26H36N2O7.